The van der Waals surface area contributed by atoms with E-state index in [4.69, 9.17) is 0 Å². The fourth-order valence-electron chi connectivity index (χ4n) is 1.02. The number of rotatable bonds is 1. The highest BCUT2D eigenvalue weighted by Crippen LogP contribution is 2.10. The van der Waals surface area contributed by atoms with Gasteiger partial charge < -0.3 is 4.98 Å². The lowest BCUT2D eigenvalue weighted by Crippen LogP contribution is -1.78. The second-order valence-electron chi connectivity index (χ2n) is 2.42. The van der Waals surface area contributed by atoms with Gasteiger partial charge in [-0.15, -0.1) is 0 Å². The van der Waals surface area contributed by atoms with Crippen molar-refractivity contribution in [3.8, 4) is 0 Å². The van der Waals surface area contributed by atoms with E-state index in [-0.39, 0.29) is 0 Å². The maximum Gasteiger partial charge on any atom is 0.0148 e. The largest absolute Gasteiger partial charge is 0.365 e. The van der Waals surface area contributed by atoms with E-state index in [9.17, 15) is 0 Å². The van der Waals surface area contributed by atoms with Gasteiger partial charge in [0.2, 0.25) is 0 Å². The van der Waals surface area contributed by atoms with Crippen LogP contribution in [0.4, 0.5) is 0 Å². The van der Waals surface area contributed by atoms with Crippen molar-refractivity contribution in [2.75, 3.05) is 0 Å². The fourth-order valence-corrected chi connectivity index (χ4v) is 1.02. The van der Waals surface area contributed by atoms with Gasteiger partial charge in [0.25, 0.3) is 0 Å². The Labute approximate surface area is 56.1 Å². The summed E-state index contributed by atoms with van der Waals surface area (Å²) < 4.78 is 0. The normalized spacial score (nSPS) is 10.1. The topological polar surface area (TPSA) is 15.8 Å². The Morgan fingerprint density at radius 2 is 2.11 bits per heavy atom. The molecule has 0 saturated heterocycles. The number of aryl methyl sites for hydroxylation is 2. The van der Waals surface area contributed by atoms with Crippen LogP contribution in [0, 0.1) is 13.8 Å². The van der Waals surface area contributed by atoms with Gasteiger partial charge in [-0.05, 0) is 31.4 Å². The van der Waals surface area contributed by atoms with Gasteiger partial charge in [-0.2, -0.15) is 0 Å². The molecule has 0 aliphatic rings. The molecule has 1 nitrogen and oxygen atoms in total. The third-order valence-corrected chi connectivity index (χ3v) is 1.89. The molecule has 0 atom stereocenters. The van der Waals surface area contributed by atoms with Crippen molar-refractivity contribution >= 4 is 0 Å². The van der Waals surface area contributed by atoms with Crippen LogP contribution in [0.5, 0.6) is 0 Å². The zero-order chi connectivity index (χ0) is 6.85. The molecule has 0 fully saturated rings. The van der Waals surface area contributed by atoms with Gasteiger partial charge in [0.05, 0.1) is 0 Å². The van der Waals surface area contributed by atoms with Gasteiger partial charge in [-0.3, -0.25) is 0 Å². The molecular formula is C8H13N. The van der Waals surface area contributed by atoms with Crippen LogP contribution in [0.25, 0.3) is 0 Å². The molecule has 1 N–H and O–H groups in total. The lowest BCUT2D eigenvalue weighted by Gasteiger charge is -1.91. The molecule has 9 heavy (non-hydrogen) atoms. The van der Waals surface area contributed by atoms with Crippen molar-refractivity contribution in [3.63, 3.8) is 0 Å². The summed E-state index contributed by atoms with van der Waals surface area (Å²) in [6.07, 6.45) is 3.22. The maximum absolute atomic E-state index is 3.19. The van der Waals surface area contributed by atoms with Gasteiger partial charge in [-0.25, -0.2) is 0 Å². The maximum atomic E-state index is 3.19. The van der Waals surface area contributed by atoms with Crippen LogP contribution < -0.4 is 0 Å². The number of nitrogens with one attached hydrogen (secondary N) is 1. The van der Waals surface area contributed by atoms with Gasteiger partial charge in [0, 0.05) is 11.9 Å². The van der Waals surface area contributed by atoms with Crippen LogP contribution in [0.2, 0.25) is 0 Å². The van der Waals surface area contributed by atoms with E-state index in [2.05, 4.69) is 32.0 Å². The quantitative estimate of drug-likeness (QED) is 0.589. The molecule has 1 rings (SSSR count). The monoisotopic (exact) mass is 123 g/mol. The van der Waals surface area contributed by atoms with Gasteiger partial charge >= 0.3 is 0 Å². The van der Waals surface area contributed by atoms with Crippen LogP contribution >= 0.6 is 0 Å². The summed E-state index contributed by atoms with van der Waals surface area (Å²) in [4.78, 5) is 3.19. The zero-order valence-corrected chi connectivity index (χ0v) is 6.28. The molecule has 0 aliphatic carbocycles. The third kappa shape index (κ3) is 0.995. The Balaban J connectivity index is 3.04. The average Bonchev–Trinajstić information content (AvgIpc) is 2.15. The number of hydrogen-bond acceptors (Lipinski definition) is 0. The lowest BCUT2D eigenvalue weighted by molar-refractivity contribution is 1.12. The van der Waals surface area contributed by atoms with E-state index < -0.39 is 0 Å². The summed E-state index contributed by atoms with van der Waals surface area (Å²) in [5.41, 5.74) is 4.15. The molecule has 0 bridgehead atoms. The van der Waals surface area contributed by atoms with Gasteiger partial charge in [-0.1, -0.05) is 6.92 Å². The first-order valence-corrected chi connectivity index (χ1v) is 3.39. The van der Waals surface area contributed by atoms with Crippen molar-refractivity contribution in [3.05, 3.63) is 23.0 Å². The summed E-state index contributed by atoms with van der Waals surface area (Å²) in [5.74, 6) is 0. The fraction of sp³-hybridized carbons (Fsp3) is 0.500. The SMILES string of the molecule is CCc1c[nH]c(C)c1C. The van der Waals surface area contributed by atoms with E-state index in [1.54, 1.807) is 0 Å². The second-order valence-corrected chi connectivity index (χ2v) is 2.42. The molecule has 0 unspecified atom stereocenters. The van der Waals surface area contributed by atoms with Gasteiger partial charge in [0.15, 0.2) is 0 Å². The van der Waals surface area contributed by atoms with Crippen LogP contribution in [0.3, 0.4) is 0 Å². The number of hydrogen-bond donors (Lipinski definition) is 1. The molecule has 0 saturated carbocycles. The Hall–Kier alpha value is -0.720. The summed E-state index contributed by atoms with van der Waals surface area (Å²) in [7, 11) is 0. The average molecular weight is 123 g/mol. The first-order valence-electron chi connectivity index (χ1n) is 3.39. The van der Waals surface area contributed by atoms with E-state index in [1.807, 2.05) is 0 Å². The van der Waals surface area contributed by atoms with Crippen LogP contribution in [0.15, 0.2) is 6.20 Å². The van der Waals surface area contributed by atoms with Crippen molar-refractivity contribution in [1.29, 1.82) is 0 Å². The third-order valence-electron chi connectivity index (χ3n) is 1.89. The van der Waals surface area contributed by atoms with E-state index >= 15 is 0 Å². The molecule has 1 aromatic heterocycles. The van der Waals surface area contributed by atoms with E-state index in [0.29, 0.717) is 0 Å². The first-order chi connectivity index (χ1) is 4.25. The summed E-state index contributed by atoms with van der Waals surface area (Å²) in [6.45, 7) is 6.44. The predicted molar refractivity (Wildman–Crippen MR) is 39.6 cm³/mol. The highest BCUT2D eigenvalue weighted by molar-refractivity contribution is 5.28. The van der Waals surface area contributed by atoms with Crippen molar-refractivity contribution < 1.29 is 0 Å². The minimum atomic E-state index is 1.14. The summed E-state index contributed by atoms with van der Waals surface area (Å²) in [5, 5.41) is 0. The van der Waals surface area contributed by atoms with Crippen LogP contribution in [0.1, 0.15) is 23.7 Å². The minimum Gasteiger partial charge on any atom is -0.365 e. The van der Waals surface area contributed by atoms with Crippen LogP contribution in [-0.2, 0) is 6.42 Å². The minimum absolute atomic E-state index is 1.14. The number of aromatic nitrogens is 1. The van der Waals surface area contributed by atoms with Crippen molar-refractivity contribution in [2.45, 2.75) is 27.2 Å². The highest BCUT2D eigenvalue weighted by Gasteiger charge is 1.98. The Kier molecular flexibility index (Phi) is 1.60. The van der Waals surface area contributed by atoms with Gasteiger partial charge in [0.1, 0.15) is 0 Å². The zero-order valence-electron chi connectivity index (χ0n) is 6.28. The number of H-pyrrole nitrogens is 1. The summed E-state index contributed by atoms with van der Waals surface area (Å²) in [6, 6.07) is 0. The van der Waals surface area contributed by atoms with Crippen molar-refractivity contribution in [2.24, 2.45) is 0 Å². The lowest BCUT2D eigenvalue weighted by atomic mass is 10.1. The summed E-state index contributed by atoms with van der Waals surface area (Å²) >= 11 is 0. The number of aromatic amines is 1. The molecule has 1 heterocycles. The standard InChI is InChI=1S/C8H13N/c1-4-8-5-9-7(3)6(8)2/h5,9H,4H2,1-3H3. The molecule has 1 aromatic rings. The molecule has 1 heteroatoms. The second kappa shape index (κ2) is 2.26. The molecule has 0 spiro atoms. The van der Waals surface area contributed by atoms with Crippen LogP contribution in [-0.4, -0.2) is 4.98 Å². The molecule has 0 aliphatic heterocycles. The van der Waals surface area contributed by atoms with E-state index in [0.717, 1.165) is 6.42 Å². The Bertz CT molecular complexity index is 198. The predicted octanol–water partition coefficient (Wildman–Crippen LogP) is 2.19. The van der Waals surface area contributed by atoms with Crippen molar-refractivity contribution in [1.82, 2.24) is 4.98 Å². The molecule has 0 aromatic carbocycles. The first kappa shape index (κ1) is 6.40. The molecule has 50 valence electrons. The highest BCUT2D eigenvalue weighted by atomic mass is 14.7. The Morgan fingerprint density at radius 3 is 2.33 bits per heavy atom. The molecule has 0 radical (unpaired) electrons. The molecule has 0 amide bonds. The Morgan fingerprint density at radius 1 is 1.44 bits per heavy atom. The van der Waals surface area contributed by atoms with E-state index in [1.165, 1.54) is 16.8 Å². The molecular weight excluding hydrogens is 110 g/mol. The smallest absolute Gasteiger partial charge is 0.0148 e.